The predicted octanol–water partition coefficient (Wildman–Crippen LogP) is 9.38. The molecule has 6 fully saturated rings. The van der Waals surface area contributed by atoms with Crippen LogP contribution < -0.4 is 10.1 Å². The normalized spacial score (nSPS) is 43.2. The van der Waals surface area contributed by atoms with Crippen LogP contribution in [0.2, 0.25) is 0 Å². The summed E-state index contributed by atoms with van der Waals surface area (Å²) in [6.07, 6.45) is 19.5. The van der Waals surface area contributed by atoms with E-state index in [1.165, 1.54) is 56.9 Å². The van der Waals surface area contributed by atoms with Gasteiger partial charge in [-0.3, -0.25) is 4.79 Å². The highest BCUT2D eigenvalue weighted by Gasteiger charge is 2.70. The van der Waals surface area contributed by atoms with Gasteiger partial charge in [-0.15, -0.1) is 0 Å². The van der Waals surface area contributed by atoms with Gasteiger partial charge in [-0.25, -0.2) is 13.4 Å². The van der Waals surface area contributed by atoms with Crippen molar-refractivity contribution < 1.29 is 23.1 Å². The van der Waals surface area contributed by atoms with Crippen LogP contribution in [0.4, 0.5) is 0 Å². The van der Waals surface area contributed by atoms with Gasteiger partial charge in [-0.1, -0.05) is 64.5 Å². The maximum absolute atomic E-state index is 12.8. The molecule has 0 spiro atoms. The second kappa shape index (κ2) is 15.3. The highest BCUT2D eigenvalue weighted by Crippen LogP contribution is 2.76. The molecule has 0 radical (unpaired) electrons. The molecule has 6 aliphatic carbocycles. The number of allylic oxidation sites excluding steroid dienone is 3. The molecule has 0 amide bonds. The number of hydrogen-bond donors (Lipinski definition) is 2. The van der Waals surface area contributed by atoms with Crippen molar-refractivity contribution in [2.75, 3.05) is 44.3 Å². The SMILES string of the molecule is C=C(C)[C@@H]1CC[C@]2(NCCN3CCS(=O)(=O)CC3)CC[C@]3(C)[C@H](CC[C@@H]4[C@@]5(C)CC=C(C6CCC(CCOc7ccccn7)(C(=O)O)CC6)C(C)(C)[C@@H]5CC[C@]43C)[C@@H]12. The third kappa shape index (κ3) is 6.95. The van der Waals surface area contributed by atoms with Gasteiger partial charge in [-0.05, 0) is 160 Å². The lowest BCUT2D eigenvalue weighted by molar-refractivity contribution is -0.221. The molecule has 7 aliphatic rings. The lowest BCUT2D eigenvalue weighted by Crippen LogP contribution is -2.68. The Bertz CT molecular complexity index is 1840. The second-order valence-corrected chi connectivity index (χ2v) is 24.3. The molecule has 8 nitrogen and oxygen atoms in total. The zero-order valence-corrected chi connectivity index (χ0v) is 37.6. The molecule has 5 saturated carbocycles. The quantitative estimate of drug-likeness (QED) is 0.213. The van der Waals surface area contributed by atoms with E-state index in [0.29, 0.717) is 91.9 Å². The van der Waals surface area contributed by atoms with Crippen LogP contribution in [-0.2, 0) is 14.6 Å². The van der Waals surface area contributed by atoms with Gasteiger partial charge in [0.15, 0.2) is 9.84 Å². The van der Waals surface area contributed by atoms with Crippen LogP contribution in [-0.4, -0.2) is 79.2 Å². The molecule has 322 valence electrons. The molecule has 58 heavy (non-hydrogen) atoms. The number of aromatic nitrogens is 1. The number of carboxylic acid groups (broad SMARTS) is 1. The number of hydrogen-bond acceptors (Lipinski definition) is 7. The van der Waals surface area contributed by atoms with Crippen molar-refractivity contribution in [1.82, 2.24) is 15.2 Å². The molecular weight excluding hydrogens is 743 g/mol. The van der Waals surface area contributed by atoms with E-state index in [-0.39, 0.29) is 27.2 Å². The molecule has 0 bridgehead atoms. The van der Waals surface area contributed by atoms with E-state index in [2.05, 4.69) is 69.4 Å². The monoisotopic (exact) mass is 818 g/mol. The minimum atomic E-state index is -2.87. The van der Waals surface area contributed by atoms with Gasteiger partial charge in [0.1, 0.15) is 0 Å². The van der Waals surface area contributed by atoms with Gasteiger partial charge in [-0.2, -0.15) is 0 Å². The lowest BCUT2D eigenvalue weighted by atomic mass is 9.32. The number of pyridine rings is 1. The summed E-state index contributed by atoms with van der Waals surface area (Å²) in [5, 5.41) is 14.7. The van der Waals surface area contributed by atoms with Crippen molar-refractivity contribution in [3.63, 3.8) is 0 Å². The third-order valence-electron chi connectivity index (χ3n) is 19.4. The summed E-state index contributed by atoms with van der Waals surface area (Å²) in [5.41, 5.74) is 3.29. The van der Waals surface area contributed by atoms with Crippen molar-refractivity contribution in [3.05, 3.63) is 48.2 Å². The molecule has 9 atom stereocenters. The summed E-state index contributed by atoms with van der Waals surface area (Å²) < 4.78 is 30.1. The Morgan fingerprint density at radius 2 is 1.67 bits per heavy atom. The van der Waals surface area contributed by atoms with Crippen LogP contribution in [0.3, 0.4) is 0 Å². The molecule has 1 aromatic rings. The van der Waals surface area contributed by atoms with Gasteiger partial charge in [0.25, 0.3) is 0 Å². The average Bonchev–Trinajstić information content (AvgIpc) is 3.56. The Morgan fingerprint density at radius 3 is 2.34 bits per heavy atom. The van der Waals surface area contributed by atoms with Crippen LogP contribution in [0.5, 0.6) is 5.88 Å². The number of carbonyl (C=O) groups is 1. The summed E-state index contributed by atoms with van der Waals surface area (Å²) in [7, 11) is -2.87. The summed E-state index contributed by atoms with van der Waals surface area (Å²) in [4.78, 5) is 19.4. The van der Waals surface area contributed by atoms with E-state index in [4.69, 9.17) is 4.74 Å². The highest BCUT2D eigenvalue weighted by molar-refractivity contribution is 7.91. The van der Waals surface area contributed by atoms with E-state index in [1.54, 1.807) is 11.8 Å². The Balaban J connectivity index is 0.975. The van der Waals surface area contributed by atoms with E-state index >= 15 is 0 Å². The number of rotatable bonds is 11. The molecule has 1 aliphatic heterocycles. The molecule has 0 unspecified atom stereocenters. The minimum absolute atomic E-state index is 0.0861. The van der Waals surface area contributed by atoms with E-state index in [1.807, 2.05) is 18.2 Å². The fourth-order valence-corrected chi connectivity index (χ4v) is 17.3. The van der Waals surface area contributed by atoms with Crippen molar-refractivity contribution in [2.24, 2.45) is 62.6 Å². The van der Waals surface area contributed by atoms with Crippen LogP contribution in [0.25, 0.3) is 0 Å². The number of aliphatic carboxylic acids is 1. The second-order valence-electron chi connectivity index (χ2n) is 22.0. The number of ether oxygens (including phenoxy) is 1. The maximum Gasteiger partial charge on any atom is 0.309 e. The first kappa shape index (κ1) is 42.5. The average molecular weight is 818 g/mol. The topological polar surface area (TPSA) is 109 Å². The highest BCUT2D eigenvalue weighted by atomic mass is 32.2. The number of nitrogens with one attached hydrogen (secondary N) is 1. The van der Waals surface area contributed by atoms with Gasteiger partial charge in [0.05, 0.1) is 23.5 Å². The van der Waals surface area contributed by atoms with Gasteiger partial charge in [0.2, 0.25) is 5.88 Å². The fourth-order valence-electron chi connectivity index (χ4n) is 16.0. The zero-order chi connectivity index (χ0) is 41.4. The van der Waals surface area contributed by atoms with Gasteiger partial charge < -0.3 is 20.1 Å². The van der Waals surface area contributed by atoms with Crippen molar-refractivity contribution in [2.45, 2.75) is 137 Å². The van der Waals surface area contributed by atoms with Crippen LogP contribution in [0.1, 0.15) is 131 Å². The van der Waals surface area contributed by atoms with E-state index in [0.717, 1.165) is 32.4 Å². The molecule has 1 aromatic heterocycles. The zero-order valence-electron chi connectivity index (χ0n) is 36.8. The van der Waals surface area contributed by atoms with Crippen molar-refractivity contribution >= 4 is 15.8 Å². The van der Waals surface area contributed by atoms with E-state index in [9.17, 15) is 18.3 Å². The standard InChI is InChI=1S/C49H75N3O5S/c1-34(2)36-15-22-49(51-27-28-52-29-32-58(55,56)33-30-52)24-23-46(6)38(42(36)49)11-12-40-45(5)18-16-37(44(3,4)39(45)17-19-47(40,46)7)35-13-20-48(21-14-35,43(53)54)25-31-57-41-10-8-9-26-50-41/h8-10,16,26,35-36,38-40,42,51H,1,11-15,17-25,27-33H2,2-7H3,(H,53,54)/t35?,36-,38+,39-,40+,42+,45-,46+,47+,48?,49-/m0/s1. The largest absolute Gasteiger partial charge is 0.481 e. The Labute approximate surface area is 350 Å². The first-order chi connectivity index (χ1) is 27.4. The minimum Gasteiger partial charge on any atom is -0.481 e. The number of sulfone groups is 1. The summed E-state index contributed by atoms with van der Waals surface area (Å²) in [6.45, 7) is 23.7. The van der Waals surface area contributed by atoms with E-state index < -0.39 is 21.2 Å². The fraction of sp³-hybridized carbons (Fsp3) is 0.796. The molecule has 0 aromatic carbocycles. The third-order valence-corrected chi connectivity index (χ3v) is 21.0. The summed E-state index contributed by atoms with van der Waals surface area (Å²) >= 11 is 0. The summed E-state index contributed by atoms with van der Waals surface area (Å²) in [6, 6.07) is 5.59. The Kier molecular flexibility index (Phi) is 11.2. The van der Waals surface area contributed by atoms with Crippen molar-refractivity contribution in [3.8, 4) is 5.88 Å². The first-order valence-electron chi connectivity index (χ1n) is 23.2. The number of nitrogens with zero attached hydrogens (tertiary/aromatic N) is 2. The van der Waals surface area contributed by atoms with Gasteiger partial charge in [0, 0.05) is 44.0 Å². The van der Waals surface area contributed by atoms with Crippen molar-refractivity contribution in [1.29, 1.82) is 0 Å². The number of fused-ring (bicyclic) bond motifs is 7. The Hall–Kier alpha value is -2.23. The molecule has 8 rings (SSSR count). The molecule has 1 saturated heterocycles. The maximum atomic E-state index is 12.8. The van der Waals surface area contributed by atoms with Crippen LogP contribution in [0, 0.1) is 62.6 Å². The smallest absolute Gasteiger partial charge is 0.309 e. The molecule has 2 N–H and O–H groups in total. The summed E-state index contributed by atoms with van der Waals surface area (Å²) in [5.74, 6) is 4.09. The molecular formula is C49H75N3O5S. The Morgan fingerprint density at radius 1 is 0.931 bits per heavy atom. The first-order valence-corrected chi connectivity index (χ1v) is 25.0. The lowest BCUT2D eigenvalue weighted by Gasteiger charge is -2.72. The molecule has 9 heteroatoms. The van der Waals surface area contributed by atoms with Gasteiger partial charge >= 0.3 is 5.97 Å². The number of carboxylic acids is 1. The van der Waals surface area contributed by atoms with Crippen LogP contribution in [0.15, 0.2) is 48.2 Å². The predicted molar refractivity (Wildman–Crippen MR) is 232 cm³/mol. The van der Waals surface area contributed by atoms with Crippen LogP contribution >= 0.6 is 0 Å². The molecule has 2 heterocycles.